The predicted octanol–water partition coefficient (Wildman–Crippen LogP) is 4.16. The van der Waals surface area contributed by atoms with E-state index in [4.69, 9.17) is 10.5 Å². The highest BCUT2D eigenvalue weighted by atomic mass is 127. The number of aliphatic imine (C=N–C) groups is 1. The van der Waals surface area contributed by atoms with Crippen LogP contribution in [0.5, 0.6) is 5.75 Å². The first-order valence-corrected chi connectivity index (χ1v) is 8.38. The summed E-state index contributed by atoms with van der Waals surface area (Å²) in [6.45, 7) is 0.260. The van der Waals surface area contributed by atoms with Crippen molar-refractivity contribution >= 4 is 35.6 Å². The Bertz CT molecular complexity index is 921. The average Bonchev–Trinajstić information content (AvgIpc) is 2.66. The van der Waals surface area contributed by atoms with Crippen LogP contribution < -0.4 is 15.8 Å². The van der Waals surface area contributed by atoms with E-state index in [1.54, 1.807) is 0 Å². The van der Waals surface area contributed by atoms with Crippen molar-refractivity contribution in [2.24, 2.45) is 10.7 Å². The molecule has 2 aromatic carbocycles. The molecule has 1 aliphatic heterocycles. The minimum atomic E-state index is -4.69. The molecule has 2 aromatic rings. The second-order valence-corrected chi connectivity index (χ2v) is 6.22. The van der Waals surface area contributed by atoms with Gasteiger partial charge in [-0.1, -0.05) is 18.2 Å². The van der Waals surface area contributed by atoms with Gasteiger partial charge in [-0.3, -0.25) is 10.1 Å². The smallest absolute Gasteiger partial charge is 0.416 e. The van der Waals surface area contributed by atoms with E-state index in [2.05, 4.69) is 10.3 Å². The summed E-state index contributed by atoms with van der Waals surface area (Å²) in [5.41, 5.74) is 5.07. The lowest BCUT2D eigenvalue weighted by Gasteiger charge is -2.26. The van der Waals surface area contributed by atoms with Gasteiger partial charge in [0.25, 0.3) is 5.69 Å². The van der Waals surface area contributed by atoms with Crippen molar-refractivity contribution in [3.8, 4) is 5.75 Å². The first-order valence-electron chi connectivity index (χ1n) is 8.38. The normalized spacial score (nSPS) is 16.2. The molecule has 0 amide bonds. The van der Waals surface area contributed by atoms with Gasteiger partial charge in [0, 0.05) is 24.1 Å². The van der Waals surface area contributed by atoms with Crippen LogP contribution in [0.4, 0.5) is 18.9 Å². The van der Waals surface area contributed by atoms with E-state index < -0.39 is 22.4 Å². The minimum Gasteiger partial charge on any atom is -0.493 e. The molecule has 0 radical (unpaired) electrons. The summed E-state index contributed by atoms with van der Waals surface area (Å²) in [4.78, 5) is 14.1. The lowest BCUT2D eigenvalue weighted by molar-refractivity contribution is -0.385. The third kappa shape index (κ3) is 5.71. The first-order chi connectivity index (χ1) is 13.2. The quantitative estimate of drug-likeness (QED) is 0.207. The Morgan fingerprint density at radius 1 is 1.31 bits per heavy atom. The Hall–Kier alpha value is -2.57. The number of nitrogens with two attached hydrogens (primary N) is 1. The van der Waals surface area contributed by atoms with E-state index in [1.165, 1.54) is 0 Å². The molecule has 0 bridgehead atoms. The maximum Gasteiger partial charge on any atom is 0.416 e. The molecule has 3 rings (SSSR count). The fourth-order valence-corrected chi connectivity index (χ4v) is 2.93. The monoisotopic (exact) mass is 522 g/mol. The lowest BCUT2D eigenvalue weighted by atomic mass is 10.0. The molecule has 7 nitrogen and oxygen atoms in total. The molecule has 1 heterocycles. The Morgan fingerprint density at radius 3 is 2.72 bits per heavy atom. The summed E-state index contributed by atoms with van der Waals surface area (Å²) in [7, 11) is 0. The van der Waals surface area contributed by atoms with Crippen LogP contribution in [0.15, 0.2) is 47.5 Å². The number of guanidine groups is 1. The number of rotatable bonds is 4. The molecule has 0 aromatic heterocycles. The van der Waals surface area contributed by atoms with Crippen molar-refractivity contribution < 1.29 is 22.8 Å². The third-order valence-corrected chi connectivity index (χ3v) is 4.23. The number of hydrogen-bond donors (Lipinski definition) is 2. The van der Waals surface area contributed by atoms with Crippen LogP contribution in [0.1, 0.15) is 29.2 Å². The molecule has 0 fully saturated rings. The van der Waals surface area contributed by atoms with Crippen LogP contribution in [-0.4, -0.2) is 17.5 Å². The van der Waals surface area contributed by atoms with Crippen LogP contribution in [0.2, 0.25) is 0 Å². The molecule has 1 unspecified atom stereocenters. The Morgan fingerprint density at radius 2 is 2.03 bits per heavy atom. The summed E-state index contributed by atoms with van der Waals surface area (Å²) in [6.07, 6.45) is -4.05. The average molecular weight is 522 g/mol. The fourth-order valence-electron chi connectivity index (χ4n) is 2.93. The molecule has 0 saturated heterocycles. The van der Waals surface area contributed by atoms with Crippen LogP contribution in [0.25, 0.3) is 0 Å². The van der Waals surface area contributed by atoms with Gasteiger partial charge < -0.3 is 15.8 Å². The number of non-ortho nitro benzene ring substituents is 1. The Labute approximate surface area is 181 Å². The van der Waals surface area contributed by atoms with Gasteiger partial charge >= 0.3 is 6.18 Å². The van der Waals surface area contributed by atoms with Gasteiger partial charge in [0.05, 0.1) is 29.7 Å². The standard InChI is InChI=1S/C18H17F3N4O3.HI/c19-18(20,21)12-7-11(8-13(9-12)25(26)27)10-23-17(22)24-15-5-6-28-16-4-2-1-3-14(15)16;/h1-4,7-9,15H,5-6,10H2,(H3,22,23,24);1H. The number of fused-ring (bicyclic) bond motifs is 1. The van der Waals surface area contributed by atoms with Crippen LogP contribution in [0, 0.1) is 10.1 Å². The number of benzene rings is 2. The van der Waals surface area contributed by atoms with Gasteiger partial charge in [0.1, 0.15) is 5.75 Å². The topological polar surface area (TPSA) is 103 Å². The summed E-state index contributed by atoms with van der Waals surface area (Å²) in [5, 5.41) is 13.9. The number of nitro benzene ring substituents is 1. The van der Waals surface area contributed by atoms with Gasteiger partial charge in [-0.05, 0) is 17.7 Å². The number of nitrogens with zero attached hydrogens (tertiary/aromatic N) is 2. The van der Waals surface area contributed by atoms with Crippen molar-refractivity contribution in [2.45, 2.75) is 25.2 Å². The first kappa shape index (κ1) is 22.7. The zero-order chi connectivity index (χ0) is 20.3. The van der Waals surface area contributed by atoms with Crippen LogP contribution in [-0.2, 0) is 12.7 Å². The molecule has 1 aliphatic rings. The van der Waals surface area contributed by atoms with E-state index in [0.29, 0.717) is 19.1 Å². The Kier molecular flexibility index (Phi) is 7.27. The summed E-state index contributed by atoms with van der Waals surface area (Å²) in [6, 6.07) is 9.64. The molecular formula is C18H18F3IN4O3. The van der Waals surface area contributed by atoms with Gasteiger partial charge in [-0.2, -0.15) is 13.2 Å². The molecule has 0 spiro atoms. The van der Waals surface area contributed by atoms with E-state index >= 15 is 0 Å². The van der Waals surface area contributed by atoms with E-state index in [1.807, 2.05) is 24.3 Å². The van der Waals surface area contributed by atoms with Crippen molar-refractivity contribution in [1.82, 2.24) is 5.32 Å². The SMILES string of the molecule is I.NC(=NCc1cc([N+](=O)[O-])cc(C(F)(F)F)c1)NC1CCOc2ccccc21. The van der Waals surface area contributed by atoms with Gasteiger partial charge in [-0.15, -0.1) is 24.0 Å². The highest BCUT2D eigenvalue weighted by molar-refractivity contribution is 14.0. The lowest BCUT2D eigenvalue weighted by Crippen LogP contribution is -2.37. The predicted molar refractivity (Wildman–Crippen MR) is 111 cm³/mol. The minimum absolute atomic E-state index is 0. The molecule has 156 valence electrons. The number of alkyl halides is 3. The highest BCUT2D eigenvalue weighted by Gasteiger charge is 2.32. The molecule has 0 saturated carbocycles. The second-order valence-electron chi connectivity index (χ2n) is 6.22. The van der Waals surface area contributed by atoms with E-state index in [0.717, 1.165) is 23.4 Å². The maximum absolute atomic E-state index is 13.0. The fraction of sp³-hybridized carbons (Fsp3) is 0.278. The second kappa shape index (κ2) is 9.29. The summed E-state index contributed by atoms with van der Waals surface area (Å²) < 4.78 is 44.4. The number of ether oxygens (including phenoxy) is 1. The molecule has 11 heteroatoms. The van der Waals surface area contributed by atoms with Crippen LogP contribution >= 0.6 is 24.0 Å². The zero-order valence-corrected chi connectivity index (χ0v) is 17.3. The van der Waals surface area contributed by atoms with Gasteiger partial charge in [0.15, 0.2) is 5.96 Å². The molecule has 3 N–H and O–H groups in total. The molecule has 29 heavy (non-hydrogen) atoms. The summed E-state index contributed by atoms with van der Waals surface area (Å²) in [5.74, 6) is 0.759. The van der Waals surface area contributed by atoms with E-state index in [9.17, 15) is 23.3 Å². The molecule has 0 aliphatic carbocycles. The number of halogens is 4. The largest absolute Gasteiger partial charge is 0.493 e. The summed E-state index contributed by atoms with van der Waals surface area (Å²) >= 11 is 0. The highest BCUT2D eigenvalue weighted by Crippen LogP contribution is 2.33. The number of hydrogen-bond acceptors (Lipinski definition) is 4. The zero-order valence-electron chi connectivity index (χ0n) is 15.0. The molecule has 1 atom stereocenters. The number of para-hydroxylation sites is 1. The van der Waals surface area contributed by atoms with Crippen molar-refractivity contribution in [3.63, 3.8) is 0 Å². The van der Waals surface area contributed by atoms with Crippen molar-refractivity contribution in [3.05, 3.63) is 69.3 Å². The van der Waals surface area contributed by atoms with E-state index in [-0.39, 0.29) is 48.1 Å². The van der Waals surface area contributed by atoms with Gasteiger partial charge in [-0.25, -0.2) is 4.99 Å². The Balaban J connectivity index is 0.00000300. The van der Waals surface area contributed by atoms with Crippen molar-refractivity contribution in [1.29, 1.82) is 0 Å². The third-order valence-electron chi connectivity index (χ3n) is 4.23. The maximum atomic E-state index is 13.0. The number of nitro groups is 1. The number of nitrogens with one attached hydrogen (secondary N) is 1. The van der Waals surface area contributed by atoms with Crippen LogP contribution in [0.3, 0.4) is 0 Å². The van der Waals surface area contributed by atoms with Crippen molar-refractivity contribution in [2.75, 3.05) is 6.61 Å². The molecular weight excluding hydrogens is 504 g/mol. The van der Waals surface area contributed by atoms with Gasteiger partial charge in [0.2, 0.25) is 0 Å².